The number of piperidine rings is 1. The van der Waals surface area contributed by atoms with E-state index in [4.69, 9.17) is 0 Å². The van der Waals surface area contributed by atoms with Crippen LogP contribution >= 0.6 is 0 Å². The van der Waals surface area contributed by atoms with Gasteiger partial charge in [-0.05, 0) is 65.2 Å². The highest BCUT2D eigenvalue weighted by molar-refractivity contribution is 4.87. The van der Waals surface area contributed by atoms with Crippen molar-refractivity contribution in [2.45, 2.75) is 44.2 Å². The molecule has 94 valence electrons. The zero-order chi connectivity index (χ0) is 11.5. The summed E-state index contributed by atoms with van der Waals surface area (Å²) in [5, 5.41) is 9.90. The standard InChI is InChI=1S/C13H26N2O/c1-14(2)10-11-6-8-15(9-7-11)12-4-3-5-13(12)16/h11-13,16H,3-10H2,1-2H3. The van der Waals surface area contributed by atoms with Crippen molar-refractivity contribution >= 4 is 0 Å². The molecule has 2 unspecified atom stereocenters. The Bertz CT molecular complexity index is 212. The minimum atomic E-state index is -0.0506. The molecule has 2 rings (SSSR count). The molecule has 0 amide bonds. The molecule has 1 aliphatic heterocycles. The van der Waals surface area contributed by atoms with E-state index in [1.165, 1.54) is 45.3 Å². The third kappa shape index (κ3) is 2.96. The van der Waals surface area contributed by atoms with E-state index in [1.54, 1.807) is 0 Å². The van der Waals surface area contributed by atoms with Crippen molar-refractivity contribution in [3.05, 3.63) is 0 Å². The number of nitrogens with zero attached hydrogens (tertiary/aromatic N) is 2. The Morgan fingerprint density at radius 1 is 1.12 bits per heavy atom. The number of aliphatic hydroxyl groups is 1. The molecule has 3 heteroatoms. The second-order valence-corrected chi connectivity index (χ2v) is 5.81. The highest BCUT2D eigenvalue weighted by atomic mass is 16.3. The van der Waals surface area contributed by atoms with Crippen LogP contribution in [0.15, 0.2) is 0 Å². The molecule has 0 spiro atoms. The van der Waals surface area contributed by atoms with E-state index >= 15 is 0 Å². The van der Waals surface area contributed by atoms with E-state index in [1.807, 2.05) is 0 Å². The SMILES string of the molecule is CN(C)CC1CCN(C2CCCC2O)CC1. The smallest absolute Gasteiger partial charge is 0.0695 e. The summed E-state index contributed by atoms with van der Waals surface area (Å²) in [4.78, 5) is 4.83. The zero-order valence-corrected chi connectivity index (χ0v) is 10.7. The van der Waals surface area contributed by atoms with Crippen LogP contribution in [0.5, 0.6) is 0 Å². The topological polar surface area (TPSA) is 26.7 Å². The molecule has 0 aromatic carbocycles. The van der Waals surface area contributed by atoms with Gasteiger partial charge in [0.2, 0.25) is 0 Å². The fraction of sp³-hybridized carbons (Fsp3) is 1.00. The highest BCUT2D eigenvalue weighted by Crippen LogP contribution is 2.28. The molecule has 1 aliphatic carbocycles. The Balaban J connectivity index is 1.76. The summed E-state index contributed by atoms with van der Waals surface area (Å²) >= 11 is 0. The van der Waals surface area contributed by atoms with Gasteiger partial charge in [0.1, 0.15) is 0 Å². The molecule has 2 atom stereocenters. The van der Waals surface area contributed by atoms with Crippen molar-refractivity contribution in [3.63, 3.8) is 0 Å². The number of aliphatic hydroxyl groups excluding tert-OH is 1. The maximum atomic E-state index is 9.90. The normalized spacial score (nSPS) is 33.8. The van der Waals surface area contributed by atoms with Crippen molar-refractivity contribution in [2.75, 3.05) is 33.7 Å². The first-order valence-electron chi connectivity index (χ1n) is 6.73. The summed E-state index contributed by atoms with van der Waals surface area (Å²) in [6.07, 6.45) is 6.00. The minimum Gasteiger partial charge on any atom is -0.391 e. The van der Waals surface area contributed by atoms with Crippen molar-refractivity contribution in [3.8, 4) is 0 Å². The number of hydrogen-bond acceptors (Lipinski definition) is 3. The van der Waals surface area contributed by atoms with Crippen molar-refractivity contribution in [1.82, 2.24) is 9.80 Å². The predicted octanol–water partition coefficient (Wildman–Crippen LogP) is 1.17. The van der Waals surface area contributed by atoms with Crippen LogP contribution in [0.25, 0.3) is 0 Å². The van der Waals surface area contributed by atoms with Crippen LogP contribution in [-0.2, 0) is 0 Å². The van der Waals surface area contributed by atoms with Crippen LogP contribution in [0.4, 0.5) is 0 Å². The average molecular weight is 226 g/mol. The summed E-state index contributed by atoms with van der Waals surface area (Å²) in [5.74, 6) is 0.866. The molecular formula is C13H26N2O. The van der Waals surface area contributed by atoms with E-state index in [0.717, 1.165) is 12.3 Å². The second kappa shape index (κ2) is 5.48. The molecule has 1 N–H and O–H groups in total. The maximum Gasteiger partial charge on any atom is 0.0695 e. The van der Waals surface area contributed by atoms with Crippen LogP contribution in [0, 0.1) is 5.92 Å². The number of likely N-dealkylation sites (tertiary alicyclic amines) is 1. The minimum absolute atomic E-state index is 0.0506. The van der Waals surface area contributed by atoms with Gasteiger partial charge in [-0.2, -0.15) is 0 Å². The summed E-state index contributed by atoms with van der Waals surface area (Å²) in [5.41, 5.74) is 0. The summed E-state index contributed by atoms with van der Waals surface area (Å²) < 4.78 is 0. The summed E-state index contributed by atoms with van der Waals surface area (Å²) in [7, 11) is 4.32. The average Bonchev–Trinajstić information content (AvgIpc) is 2.65. The summed E-state index contributed by atoms with van der Waals surface area (Å²) in [6, 6.07) is 0.473. The fourth-order valence-corrected chi connectivity index (χ4v) is 3.33. The van der Waals surface area contributed by atoms with Gasteiger partial charge >= 0.3 is 0 Å². The number of hydrogen-bond donors (Lipinski definition) is 1. The Hall–Kier alpha value is -0.120. The fourth-order valence-electron chi connectivity index (χ4n) is 3.33. The lowest BCUT2D eigenvalue weighted by molar-refractivity contribution is 0.0450. The zero-order valence-electron chi connectivity index (χ0n) is 10.7. The Morgan fingerprint density at radius 3 is 2.31 bits per heavy atom. The molecule has 1 saturated heterocycles. The van der Waals surface area contributed by atoms with Gasteiger partial charge < -0.3 is 10.0 Å². The van der Waals surface area contributed by atoms with Crippen LogP contribution in [0.3, 0.4) is 0 Å². The van der Waals surface area contributed by atoms with Crippen molar-refractivity contribution in [1.29, 1.82) is 0 Å². The van der Waals surface area contributed by atoms with Gasteiger partial charge in [-0.25, -0.2) is 0 Å². The molecule has 2 aliphatic rings. The molecule has 2 fully saturated rings. The predicted molar refractivity (Wildman–Crippen MR) is 66.5 cm³/mol. The quantitative estimate of drug-likeness (QED) is 0.782. The lowest BCUT2D eigenvalue weighted by Gasteiger charge is -2.38. The van der Waals surface area contributed by atoms with Crippen LogP contribution < -0.4 is 0 Å². The largest absolute Gasteiger partial charge is 0.391 e. The molecule has 0 aromatic heterocycles. The van der Waals surface area contributed by atoms with Crippen molar-refractivity contribution < 1.29 is 5.11 Å². The van der Waals surface area contributed by atoms with Crippen LogP contribution in [0.2, 0.25) is 0 Å². The lowest BCUT2D eigenvalue weighted by atomic mass is 9.95. The summed E-state index contributed by atoms with van der Waals surface area (Å²) in [6.45, 7) is 3.61. The molecule has 1 heterocycles. The first-order valence-corrected chi connectivity index (χ1v) is 6.73. The van der Waals surface area contributed by atoms with Crippen molar-refractivity contribution in [2.24, 2.45) is 5.92 Å². The van der Waals surface area contributed by atoms with Gasteiger partial charge in [-0.15, -0.1) is 0 Å². The molecule has 0 radical (unpaired) electrons. The van der Waals surface area contributed by atoms with Crippen LogP contribution in [-0.4, -0.2) is 60.8 Å². The van der Waals surface area contributed by atoms with E-state index in [-0.39, 0.29) is 6.10 Å². The molecule has 0 bridgehead atoms. The number of rotatable bonds is 3. The van der Waals surface area contributed by atoms with E-state index in [0.29, 0.717) is 6.04 Å². The molecule has 1 saturated carbocycles. The van der Waals surface area contributed by atoms with E-state index in [2.05, 4.69) is 23.9 Å². The van der Waals surface area contributed by atoms with E-state index in [9.17, 15) is 5.11 Å². The van der Waals surface area contributed by atoms with Crippen LogP contribution in [0.1, 0.15) is 32.1 Å². The molecule has 16 heavy (non-hydrogen) atoms. The van der Waals surface area contributed by atoms with Gasteiger partial charge in [0.15, 0.2) is 0 Å². The lowest BCUT2D eigenvalue weighted by Crippen LogP contribution is -2.46. The monoisotopic (exact) mass is 226 g/mol. The molecule has 0 aromatic rings. The third-order valence-electron chi connectivity index (χ3n) is 4.19. The molecule has 3 nitrogen and oxygen atoms in total. The second-order valence-electron chi connectivity index (χ2n) is 5.81. The Kier molecular flexibility index (Phi) is 4.22. The first kappa shape index (κ1) is 12.3. The highest BCUT2D eigenvalue weighted by Gasteiger charge is 2.32. The first-order chi connectivity index (χ1) is 7.66. The van der Waals surface area contributed by atoms with Gasteiger partial charge in [0, 0.05) is 12.6 Å². The van der Waals surface area contributed by atoms with Gasteiger partial charge in [-0.1, -0.05) is 0 Å². The van der Waals surface area contributed by atoms with Gasteiger partial charge in [0.25, 0.3) is 0 Å². The third-order valence-corrected chi connectivity index (χ3v) is 4.19. The van der Waals surface area contributed by atoms with Gasteiger partial charge in [-0.3, -0.25) is 4.90 Å². The molecular weight excluding hydrogens is 200 g/mol. The Labute approximate surface area is 99.4 Å². The van der Waals surface area contributed by atoms with E-state index < -0.39 is 0 Å². The Morgan fingerprint density at radius 2 is 1.81 bits per heavy atom. The maximum absolute atomic E-state index is 9.90. The van der Waals surface area contributed by atoms with Gasteiger partial charge in [0.05, 0.1) is 6.10 Å².